The quantitative estimate of drug-likeness (QED) is 0.315. The zero-order valence-corrected chi connectivity index (χ0v) is 24.7. The van der Waals surface area contributed by atoms with E-state index in [0.717, 1.165) is 69.1 Å². The van der Waals surface area contributed by atoms with Crippen molar-refractivity contribution in [1.82, 2.24) is 4.90 Å². The van der Waals surface area contributed by atoms with E-state index in [4.69, 9.17) is 4.74 Å². The number of rotatable bonds is 6. The zero-order valence-electron chi connectivity index (χ0n) is 24.7. The topological polar surface area (TPSA) is 66.8 Å². The Morgan fingerprint density at radius 2 is 1.79 bits per heavy atom. The van der Waals surface area contributed by atoms with E-state index in [1.54, 1.807) is 5.57 Å². The summed E-state index contributed by atoms with van der Waals surface area (Å²) in [6.07, 6.45) is 17.1. The summed E-state index contributed by atoms with van der Waals surface area (Å²) in [5, 5.41) is 10.3. The standard InChI is InChI=1S/C33H53NO4/c1-21(6-15-30(36)34(4)24-10-7-22(8-11-24)31(37)38-5)27-13-14-28-26-12-9-23-20-25(35)16-18-32(23,2)29(26)17-19-33(27,28)3/h9,21-22,24-29,35H,6-8,10-20H2,1-5H3/t21-,22?,24?,25+,26+,27-,28+,29+,32+,33-/m1/s1. The van der Waals surface area contributed by atoms with Crippen LogP contribution < -0.4 is 0 Å². The van der Waals surface area contributed by atoms with Crippen molar-refractivity contribution in [2.45, 2.75) is 123 Å². The average molecular weight is 528 g/mol. The number of amides is 1. The largest absolute Gasteiger partial charge is 0.469 e. The number of allylic oxidation sites excluding steroid dienone is 1. The van der Waals surface area contributed by atoms with Crippen molar-refractivity contribution in [1.29, 1.82) is 0 Å². The summed E-state index contributed by atoms with van der Waals surface area (Å²) in [6, 6.07) is 0.258. The Morgan fingerprint density at radius 1 is 1.05 bits per heavy atom. The highest BCUT2D eigenvalue weighted by Gasteiger charge is 2.59. The Kier molecular flexibility index (Phi) is 8.08. The lowest BCUT2D eigenvalue weighted by atomic mass is 9.47. The van der Waals surface area contributed by atoms with Crippen molar-refractivity contribution < 1.29 is 19.4 Å². The molecule has 5 nitrogen and oxygen atoms in total. The zero-order chi connectivity index (χ0) is 27.2. The van der Waals surface area contributed by atoms with E-state index in [1.165, 1.54) is 39.2 Å². The number of fused-ring (bicyclic) bond motifs is 5. The van der Waals surface area contributed by atoms with Gasteiger partial charge in [-0.25, -0.2) is 0 Å². The minimum Gasteiger partial charge on any atom is -0.469 e. The third-order valence-electron chi connectivity index (χ3n) is 12.8. The van der Waals surface area contributed by atoms with Gasteiger partial charge in [0.1, 0.15) is 0 Å². The summed E-state index contributed by atoms with van der Waals surface area (Å²) in [7, 11) is 3.44. The van der Waals surface area contributed by atoms with Crippen molar-refractivity contribution in [2.75, 3.05) is 14.2 Å². The molecular weight excluding hydrogens is 474 g/mol. The monoisotopic (exact) mass is 527 g/mol. The predicted octanol–water partition coefficient (Wildman–Crippen LogP) is 6.53. The Bertz CT molecular complexity index is 922. The van der Waals surface area contributed by atoms with E-state index in [1.807, 2.05) is 11.9 Å². The van der Waals surface area contributed by atoms with Gasteiger partial charge in [0.05, 0.1) is 19.1 Å². The number of methoxy groups -OCH3 is 1. The second kappa shape index (κ2) is 10.9. The Hall–Kier alpha value is -1.36. The number of carbonyl (C=O) groups is 2. The van der Waals surface area contributed by atoms with Gasteiger partial charge in [0.15, 0.2) is 0 Å². The molecule has 0 spiro atoms. The van der Waals surface area contributed by atoms with Crippen LogP contribution in [0.4, 0.5) is 0 Å². The summed E-state index contributed by atoms with van der Waals surface area (Å²) in [5.41, 5.74) is 2.27. The molecule has 0 aromatic heterocycles. The van der Waals surface area contributed by atoms with Gasteiger partial charge in [-0.3, -0.25) is 9.59 Å². The van der Waals surface area contributed by atoms with Crippen LogP contribution in [-0.2, 0) is 14.3 Å². The maximum absolute atomic E-state index is 13.2. The third-order valence-corrected chi connectivity index (χ3v) is 12.8. The van der Waals surface area contributed by atoms with Crippen LogP contribution in [0.2, 0.25) is 0 Å². The van der Waals surface area contributed by atoms with E-state index < -0.39 is 0 Å². The number of hydrogen-bond donors (Lipinski definition) is 1. The highest BCUT2D eigenvalue weighted by molar-refractivity contribution is 5.76. The lowest BCUT2D eigenvalue weighted by molar-refractivity contribution is -0.147. The van der Waals surface area contributed by atoms with Gasteiger partial charge in [-0.15, -0.1) is 0 Å². The molecular formula is C33H53NO4. The molecule has 1 amide bonds. The van der Waals surface area contributed by atoms with Crippen LogP contribution in [0.1, 0.15) is 111 Å². The second-order valence-corrected chi connectivity index (χ2v) is 14.4. The summed E-state index contributed by atoms with van der Waals surface area (Å²) < 4.78 is 4.92. The fourth-order valence-corrected chi connectivity index (χ4v) is 10.4. The lowest BCUT2D eigenvalue weighted by Crippen LogP contribution is -2.50. The molecule has 5 heteroatoms. The maximum atomic E-state index is 13.2. The van der Waals surface area contributed by atoms with Crippen LogP contribution in [0.3, 0.4) is 0 Å². The van der Waals surface area contributed by atoms with E-state index in [9.17, 15) is 14.7 Å². The number of nitrogens with zero attached hydrogens (tertiary/aromatic N) is 1. The van der Waals surface area contributed by atoms with Crippen molar-refractivity contribution in [3.05, 3.63) is 11.6 Å². The van der Waals surface area contributed by atoms with Gasteiger partial charge in [0.2, 0.25) is 5.91 Å². The van der Waals surface area contributed by atoms with E-state index in [-0.39, 0.29) is 29.9 Å². The molecule has 5 rings (SSSR count). The number of hydrogen-bond acceptors (Lipinski definition) is 4. The average Bonchev–Trinajstić information content (AvgIpc) is 3.28. The highest BCUT2D eigenvalue weighted by atomic mass is 16.5. The second-order valence-electron chi connectivity index (χ2n) is 14.4. The first-order chi connectivity index (χ1) is 18.1. The summed E-state index contributed by atoms with van der Waals surface area (Å²) in [6.45, 7) is 7.53. The highest BCUT2D eigenvalue weighted by Crippen LogP contribution is 2.67. The van der Waals surface area contributed by atoms with Gasteiger partial charge in [-0.05, 0) is 124 Å². The number of aliphatic hydroxyl groups excluding tert-OH is 1. The lowest BCUT2D eigenvalue weighted by Gasteiger charge is -2.58. The molecule has 0 bridgehead atoms. The summed E-state index contributed by atoms with van der Waals surface area (Å²) in [4.78, 5) is 27.0. The minimum absolute atomic E-state index is 0.00413. The van der Waals surface area contributed by atoms with Gasteiger partial charge < -0.3 is 14.7 Å². The molecule has 38 heavy (non-hydrogen) atoms. The molecule has 0 aromatic carbocycles. The Morgan fingerprint density at radius 3 is 2.50 bits per heavy atom. The molecule has 0 heterocycles. The van der Waals surface area contributed by atoms with E-state index in [0.29, 0.717) is 29.1 Å². The first-order valence-electron chi connectivity index (χ1n) is 15.8. The fraction of sp³-hybridized carbons (Fsp3) is 0.879. The molecule has 5 aliphatic rings. The molecule has 0 saturated heterocycles. The molecule has 0 aliphatic heterocycles. The molecule has 8 atom stereocenters. The molecule has 4 saturated carbocycles. The van der Waals surface area contributed by atoms with Crippen molar-refractivity contribution in [2.24, 2.45) is 46.3 Å². The van der Waals surface area contributed by atoms with Crippen LogP contribution in [0.15, 0.2) is 11.6 Å². The Labute approximate surface area is 231 Å². The van der Waals surface area contributed by atoms with Gasteiger partial charge in [-0.1, -0.05) is 32.4 Å². The molecule has 0 radical (unpaired) electrons. The van der Waals surface area contributed by atoms with E-state index in [2.05, 4.69) is 26.8 Å². The van der Waals surface area contributed by atoms with Crippen LogP contribution in [0.5, 0.6) is 0 Å². The van der Waals surface area contributed by atoms with Gasteiger partial charge in [0.25, 0.3) is 0 Å². The van der Waals surface area contributed by atoms with E-state index >= 15 is 0 Å². The predicted molar refractivity (Wildman–Crippen MR) is 150 cm³/mol. The van der Waals surface area contributed by atoms with Gasteiger partial charge >= 0.3 is 5.97 Å². The van der Waals surface area contributed by atoms with Crippen molar-refractivity contribution in [3.63, 3.8) is 0 Å². The van der Waals surface area contributed by atoms with Crippen molar-refractivity contribution in [3.8, 4) is 0 Å². The normalized spacial score (nSPS) is 43.2. The van der Waals surface area contributed by atoms with Crippen LogP contribution in [-0.4, -0.2) is 48.2 Å². The molecule has 5 aliphatic carbocycles. The molecule has 0 unspecified atom stereocenters. The number of ether oxygens (including phenoxy) is 1. The maximum Gasteiger partial charge on any atom is 0.308 e. The minimum atomic E-state index is -0.131. The summed E-state index contributed by atoms with van der Waals surface area (Å²) >= 11 is 0. The van der Waals surface area contributed by atoms with Gasteiger partial charge in [-0.2, -0.15) is 0 Å². The fourth-order valence-electron chi connectivity index (χ4n) is 10.4. The first kappa shape index (κ1) is 28.2. The van der Waals surface area contributed by atoms with Crippen LogP contribution >= 0.6 is 0 Å². The Balaban J connectivity index is 1.16. The SMILES string of the molecule is COC(=O)C1CCC(N(C)C(=O)CC[C@@H](C)[C@H]2CC[C@H]3[C@@H]4CC=C5C[C@@H](O)CC[C@]5(C)[C@H]4CC[C@]23C)CC1. The molecule has 1 N–H and O–H groups in total. The van der Waals surface area contributed by atoms with Crippen LogP contribution in [0.25, 0.3) is 0 Å². The summed E-state index contributed by atoms with van der Waals surface area (Å²) in [5.74, 6) is 3.86. The molecule has 0 aromatic rings. The third kappa shape index (κ3) is 4.88. The molecule has 214 valence electrons. The van der Waals surface area contributed by atoms with Gasteiger partial charge in [0, 0.05) is 19.5 Å². The first-order valence-corrected chi connectivity index (χ1v) is 15.8. The van der Waals surface area contributed by atoms with Crippen LogP contribution in [0, 0.1) is 46.3 Å². The number of aliphatic hydroxyl groups is 1. The smallest absolute Gasteiger partial charge is 0.308 e. The number of esters is 1. The van der Waals surface area contributed by atoms with Crippen molar-refractivity contribution >= 4 is 11.9 Å². The number of carbonyl (C=O) groups excluding carboxylic acids is 2. The molecule has 4 fully saturated rings.